The van der Waals surface area contributed by atoms with E-state index in [2.05, 4.69) is 15.9 Å². The molecule has 1 fully saturated rings. The first-order chi connectivity index (χ1) is 15.9. The zero-order valence-electron chi connectivity index (χ0n) is 17.2. The Morgan fingerprint density at radius 3 is 2.64 bits per heavy atom. The Kier molecular flexibility index (Phi) is 7.66. The van der Waals surface area contributed by atoms with E-state index in [9.17, 15) is 4.79 Å². The lowest BCUT2D eigenvalue weighted by molar-refractivity contribution is -0.113. The third kappa shape index (κ3) is 5.55. The molecule has 3 aromatic rings. The van der Waals surface area contributed by atoms with E-state index < -0.39 is 0 Å². The average Bonchev–Trinajstić information content (AvgIpc) is 3.06. The van der Waals surface area contributed by atoms with Crippen LogP contribution in [0.3, 0.4) is 0 Å². The molecule has 0 spiro atoms. The van der Waals surface area contributed by atoms with Crippen molar-refractivity contribution in [2.45, 2.75) is 6.61 Å². The van der Waals surface area contributed by atoms with Crippen LogP contribution in [0.15, 0.2) is 70.0 Å². The SMILES string of the molecule is COc1cc(/C=C2/SC(=S)N(c3cccc(Br)c3)C2=O)ccc1OCc1ccc(Cl)cc1Cl. The first-order valence-electron chi connectivity index (χ1n) is 9.64. The number of halogens is 3. The van der Waals surface area contributed by atoms with Gasteiger partial charge in [0.2, 0.25) is 0 Å². The number of rotatable bonds is 6. The van der Waals surface area contributed by atoms with Gasteiger partial charge in [0.25, 0.3) is 5.91 Å². The molecule has 1 amide bonds. The van der Waals surface area contributed by atoms with E-state index in [4.69, 9.17) is 44.9 Å². The summed E-state index contributed by atoms with van der Waals surface area (Å²) < 4.78 is 12.8. The molecule has 9 heteroatoms. The van der Waals surface area contributed by atoms with Crippen LogP contribution in [0.25, 0.3) is 6.08 Å². The van der Waals surface area contributed by atoms with E-state index in [1.54, 1.807) is 31.4 Å². The number of carbonyl (C=O) groups excluding carboxylic acids is 1. The summed E-state index contributed by atoms with van der Waals surface area (Å²) in [6.45, 7) is 0.261. The number of thioether (sulfide) groups is 1. The van der Waals surface area contributed by atoms with Crippen LogP contribution in [-0.4, -0.2) is 17.3 Å². The molecule has 0 atom stereocenters. The zero-order valence-corrected chi connectivity index (χ0v) is 21.9. The second kappa shape index (κ2) is 10.5. The van der Waals surface area contributed by atoms with Crippen LogP contribution >= 0.6 is 63.1 Å². The van der Waals surface area contributed by atoms with Gasteiger partial charge in [0.1, 0.15) is 6.61 Å². The zero-order chi connectivity index (χ0) is 23.5. The monoisotopic (exact) mass is 579 g/mol. The minimum atomic E-state index is -0.167. The van der Waals surface area contributed by atoms with Gasteiger partial charge in [0.05, 0.1) is 17.7 Å². The summed E-state index contributed by atoms with van der Waals surface area (Å²) >= 11 is 22.3. The van der Waals surface area contributed by atoms with Crippen LogP contribution in [0, 0.1) is 0 Å². The van der Waals surface area contributed by atoms with Gasteiger partial charge in [0.15, 0.2) is 15.8 Å². The van der Waals surface area contributed by atoms with E-state index in [1.165, 1.54) is 16.7 Å². The number of thiocarbonyl (C=S) groups is 1. The molecule has 4 rings (SSSR count). The molecule has 1 aliphatic rings. The highest BCUT2D eigenvalue weighted by Gasteiger charge is 2.33. The number of amides is 1. The maximum Gasteiger partial charge on any atom is 0.270 e. The molecular formula is C24H16BrCl2NO3S2. The molecule has 33 heavy (non-hydrogen) atoms. The number of nitrogens with zero attached hydrogens (tertiary/aromatic N) is 1. The first kappa shape index (κ1) is 24.1. The predicted octanol–water partition coefficient (Wildman–Crippen LogP) is 7.75. The summed E-state index contributed by atoms with van der Waals surface area (Å²) in [6, 6.07) is 18.2. The maximum absolute atomic E-state index is 13.0. The standard InChI is InChI=1S/C24H16BrCl2NO3S2/c1-30-21-9-14(5-8-20(21)31-13-15-6-7-17(26)12-19(15)27)10-22-23(29)28(24(32)33-22)18-4-2-3-16(25)11-18/h2-12H,13H2,1H3/b22-10+. The molecule has 0 saturated carbocycles. The van der Waals surface area contributed by atoms with Crippen molar-refractivity contribution in [2.75, 3.05) is 12.0 Å². The summed E-state index contributed by atoms with van der Waals surface area (Å²) in [5.41, 5.74) is 2.32. The smallest absolute Gasteiger partial charge is 0.270 e. The van der Waals surface area contributed by atoms with Crippen LogP contribution < -0.4 is 14.4 Å². The molecule has 0 bridgehead atoms. The van der Waals surface area contributed by atoms with Gasteiger partial charge in [-0.25, -0.2) is 0 Å². The first-order valence-corrected chi connectivity index (χ1v) is 12.4. The van der Waals surface area contributed by atoms with Gasteiger partial charge in [-0.2, -0.15) is 0 Å². The molecule has 1 heterocycles. The molecule has 1 aliphatic heterocycles. The summed E-state index contributed by atoms with van der Waals surface area (Å²) in [4.78, 5) is 15.1. The quantitative estimate of drug-likeness (QED) is 0.220. The Hall–Kier alpha value is -2.03. The van der Waals surface area contributed by atoms with E-state index in [-0.39, 0.29) is 12.5 Å². The fourth-order valence-electron chi connectivity index (χ4n) is 3.14. The van der Waals surface area contributed by atoms with Crippen LogP contribution in [-0.2, 0) is 11.4 Å². The van der Waals surface area contributed by atoms with Crippen molar-refractivity contribution in [3.05, 3.63) is 91.2 Å². The van der Waals surface area contributed by atoms with Crippen LogP contribution in [0.1, 0.15) is 11.1 Å². The lowest BCUT2D eigenvalue weighted by Crippen LogP contribution is -2.27. The number of benzene rings is 3. The third-order valence-electron chi connectivity index (χ3n) is 4.74. The number of anilines is 1. The van der Waals surface area contributed by atoms with Crippen molar-refractivity contribution >= 4 is 85.1 Å². The van der Waals surface area contributed by atoms with Crippen molar-refractivity contribution < 1.29 is 14.3 Å². The molecular weight excluding hydrogens is 565 g/mol. The van der Waals surface area contributed by atoms with Gasteiger partial charge >= 0.3 is 0 Å². The van der Waals surface area contributed by atoms with E-state index >= 15 is 0 Å². The van der Waals surface area contributed by atoms with Gasteiger partial charge < -0.3 is 9.47 Å². The minimum absolute atomic E-state index is 0.167. The molecule has 3 aromatic carbocycles. The van der Waals surface area contributed by atoms with Gasteiger partial charge in [0, 0.05) is 20.1 Å². The van der Waals surface area contributed by atoms with Crippen LogP contribution in [0.5, 0.6) is 11.5 Å². The van der Waals surface area contributed by atoms with E-state index in [0.717, 1.165) is 21.3 Å². The van der Waals surface area contributed by atoms with E-state index in [0.29, 0.717) is 30.8 Å². The summed E-state index contributed by atoms with van der Waals surface area (Å²) in [7, 11) is 1.56. The van der Waals surface area contributed by atoms with Crippen LogP contribution in [0.2, 0.25) is 10.0 Å². The Morgan fingerprint density at radius 1 is 1.09 bits per heavy atom. The summed E-state index contributed by atoms with van der Waals surface area (Å²) in [5.74, 6) is 0.929. The molecule has 0 aromatic heterocycles. The lowest BCUT2D eigenvalue weighted by atomic mass is 10.1. The highest BCUT2D eigenvalue weighted by atomic mass is 79.9. The largest absolute Gasteiger partial charge is 0.493 e. The van der Waals surface area contributed by atoms with Crippen molar-refractivity contribution in [3.8, 4) is 11.5 Å². The topological polar surface area (TPSA) is 38.8 Å². The molecule has 0 radical (unpaired) electrons. The van der Waals surface area contributed by atoms with Crippen molar-refractivity contribution in [3.63, 3.8) is 0 Å². The second-order valence-electron chi connectivity index (χ2n) is 6.93. The molecule has 168 valence electrons. The highest BCUT2D eigenvalue weighted by molar-refractivity contribution is 9.10. The number of methoxy groups -OCH3 is 1. The van der Waals surface area contributed by atoms with Crippen molar-refractivity contribution in [1.82, 2.24) is 0 Å². The molecule has 0 N–H and O–H groups in total. The van der Waals surface area contributed by atoms with Crippen molar-refractivity contribution in [1.29, 1.82) is 0 Å². The Morgan fingerprint density at radius 2 is 1.91 bits per heavy atom. The predicted molar refractivity (Wildman–Crippen MR) is 144 cm³/mol. The maximum atomic E-state index is 13.0. The van der Waals surface area contributed by atoms with Crippen LogP contribution in [0.4, 0.5) is 5.69 Å². The van der Waals surface area contributed by atoms with Crippen molar-refractivity contribution in [2.24, 2.45) is 0 Å². The number of carbonyl (C=O) groups is 1. The van der Waals surface area contributed by atoms with Gasteiger partial charge in [-0.3, -0.25) is 9.69 Å². The highest BCUT2D eigenvalue weighted by Crippen LogP contribution is 2.38. The van der Waals surface area contributed by atoms with Gasteiger partial charge in [-0.15, -0.1) is 0 Å². The number of hydrogen-bond acceptors (Lipinski definition) is 5. The molecule has 1 saturated heterocycles. The van der Waals surface area contributed by atoms with E-state index in [1.807, 2.05) is 42.5 Å². The minimum Gasteiger partial charge on any atom is -0.493 e. The third-order valence-corrected chi connectivity index (χ3v) is 7.13. The normalized spacial score (nSPS) is 14.8. The fourth-order valence-corrected chi connectivity index (χ4v) is 5.29. The molecule has 0 aliphatic carbocycles. The fraction of sp³-hybridized carbons (Fsp3) is 0.0833. The number of ether oxygens (including phenoxy) is 2. The Labute approximate surface area is 219 Å². The molecule has 0 unspecified atom stereocenters. The Bertz CT molecular complexity index is 1280. The summed E-state index contributed by atoms with van der Waals surface area (Å²) in [5, 5.41) is 1.10. The average molecular weight is 581 g/mol. The number of hydrogen-bond donors (Lipinski definition) is 0. The summed E-state index contributed by atoms with van der Waals surface area (Å²) in [6.07, 6.45) is 1.79. The molecule has 4 nitrogen and oxygen atoms in total. The van der Waals surface area contributed by atoms with Gasteiger partial charge in [-0.05, 0) is 54.1 Å². The second-order valence-corrected chi connectivity index (χ2v) is 10.4. The Balaban J connectivity index is 1.54. The van der Waals surface area contributed by atoms with Gasteiger partial charge in [-0.1, -0.05) is 81.3 Å². The lowest BCUT2D eigenvalue weighted by Gasteiger charge is -2.14.